The van der Waals surface area contributed by atoms with Gasteiger partial charge in [0.2, 0.25) is 5.91 Å². The van der Waals surface area contributed by atoms with Crippen LogP contribution in [0.15, 0.2) is 60.1 Å². The molecule has 0 unspecified atom stereocenters. The number of hydrogen-bond acceptors (Lipinski definition) is 3. The maximum absolute atomic E-state index is 14.3. The second-order valence-electron chi connectivity index (χ2n) is 6.36. The summed E-state index contributed by atoms with van der Waals surface area (Å²) in [5.74, 6) is 0.457. The molecule has 4 nitrogen and oxygen atoms in total. The molecule has 0 aromatic heterocycles. The molecule has 0 radical (unpaired) electrons. The molecule has 1 N–H and O–H groups in total. The molecular formula is C20H18FN3O. The lowest BCUT2D eigenvalue weighted by Crippen LogP contribution is -2.47. The lowest BCUT2D eigenvalue weighted by Gasteiger charge is -2.32. The predicted molar refractivity (Wildman–Crippen MR) is 95.4 cm³/mol. The van der Waals surface area contributed by atoms with Crippen LogP contribution in [0.4, 0.5) is 10.1 Å². The lowest BCUT2D eigenvalue weighted by molar-refractivity contribution is -0.122. The molecule has 1 amide bonds. The zero-order valence-electron chi connectivity index (χ0n) is 13.7. The standard InChI is InChI=1S/C20H18FN3O/c1-13-19-16(21)8-5-9-17(19)22-20(15-10-11-15)24(13)23-18(25)12-14-6-3-2-4-7-14/h2-9,15H,1,10-12H2,(H,23,25). The van der Waals surface area contributed by atoms with E-state index in [2.05, 4.69) is 17.0 Å². The molecule has 1 aliphatic heterocycles. The first-order valence-corrected chi connectivity index (χ1v) is 8.33. The molecule has 25 heavy (non-hydrogen) atoms. The highest BCUT2D eigenvalue weighted by atomic mass is 19.1. The number of benzene rings is 2. The number of amides is 1. The van der Waals surface area contributed by atoms with Crippen LogP contribution >= 0.6 is 0 Å². The summed E-state index contributed by atoms with van der Waals surface area (Å²) in [6.45, 7) is 4.01. The second kappa shape index (κ2) is 6.16. The first kappa shape index (κ1) is 15.6. The van der Waals surface area contributed by atoms with Crippen LogP contribution in [0.25, 0.3) is 5.70 Å². The van der Waals surface area contributed by atoms with Crippen LogP contribution in [0.5, 0.6) is 0 Å². The third kappa shape index (κ3) is 3.05. The van der Waals surface area contributed by atoms with Crippen molar-refractivity contribution in [1.82, 2.24) is 10.4 Å². The topological polar surface area (TPSA) is 44.7 Å². The Morgan fingerprint density at radius 3 is 2.68 bits per heavy atom. The van der Waals surface area contributed by atoms with Gasteiger partial charge in [-0.25, -0.2) is 14.4 Å². The van der Waals surface area contributed by atoms with Gasteiger partial charge in [-0.3, -0.25) is 10.2 Å². The first-order valence-electron chi connectivity index (χ1n) is 8.33. The number of nitrogens with one attached hydrogen (secondary N) is 1. The number of aliphatic imine (C=N–C) groups is 1. The predicted octanol–water partition coefficient (Wildman–Crippen LogP) is 3.83. The molecule has 2 aliphatic rings. The van der Waals surface area contributed by atoms with E-state index >= 15 is 0 Å². The third-order valence-corrected chi connectivity index (χ3v) is 4.40. The smallest absolute Gasteiger partial charge is 0.243 e. The molecule has 2 aromatic rings. The van der Waals surface area contributed by atoms with Crippen molar-refractivity contribution in [2.45, 2.75) is 19.3 Å². The van der Waals surface area contributed by atoms with Crippen LogP contribution in [0, 0.1) is 11.7 Å². The van der Waals surface area contributed by atoms with Crippen molar-refractivity contribution in [3.05, 3.63) is 72.1 Å². The molecule has 0 bridgehead atoms. The van der Waals surface area contributed by atoms with E-state index in [0.717, 1.165) is 24.2 Å². The molecular weight excluding hydrogens is 317 g/mol. The number of amidine groups is 1. The van der Waals surface area contributed by atoms with Crippen LogP contribution in [0.1, 0.15) is 24.0 Å². The molecule has 0 spiro atoms. The first-order chi connectivity index (χ1) is 12.1. The maximum Gasteiger partial charge on any atom is 0.243 e. The molecule has 0 atom stereocenters. The van der Waals surface area contributed by atoms with Crippen LogP contribution in [-0.2, 0) is 11.2 Å². The summed E-state index contributed by atoms with van der Waals surface area (Å²) >= 11 is 0. The van der Waals surface area contributed by atoms with Crippen LogP contribution < -0.4 is 5.43 Å². The average molecular weight is 335 g/mol. The highest BCUT2D eigenvalue weighted by molar-refractivity contribution is 6.01. The molecule has 4 rings (SSSR count). The van der Waals surface area contributed by atoms with Gasteiger partial charge in [0.1, 0.15) is 11.7 Å². The van der Waals surface area contributed by atoms with E-state index in [4.69, 9.17) is 0 Å². The fourth-order valence-corrected chi connectivity index (χ4v) is 3.00. The summed E-state index contributed by atoms with van der Waals surface area (Å²) in [4.78, 5) is 17.1. The van der Waals surface area contributed by atoms with E-state index in [1.807, 2.05) is 30.3 Å². The largest absolute Gasteiger partial charge is 0.273 e. The van der Waals surface area contributed by atoms with E-state index in [1.54, 1.807) is 17.1 Å². The monoisotopic (exact) mass is 335 g/mol. The van der Waals surface area contributed by atoms with E-state index in [0.29, 0.717) is 16.9 Å². The number of carbonyl (C=O) groups is 1. The van der Waals surface area contributed by atoms with Crippen molar-refractivity contribution < 1.29 is 9.18 Å². The van der Waals surface area contributed by atoms with E-state index in [-0.39, 0.29) is 24.1 Å². The highest BCUT2D eigenvalue weighted by Gasteiger charge is 2.37. The van der Waals surface area contributed by atoms with Gasteiger partial charge in [-0.15, -0.1) is 0 Å². The van der Waals surface area contributed by atoms with Gasteiger partial charge in [-0.1, -0.05) is 43.0 Å². The Hall–Kier alpha value is -2.95. The Labute approximate surface area is 145 Å². The molecule has 5 heteroatoms. The zero-order chi connectivity index (χ0) is 17.4. The van der Waals surface area contributed by atoms with Crippen molar-refractivity contribution in [2.24, 2.45) is 10.9 Å². The summed E-state index contributed by atoms with van der Waals surface area (Å²) in [7, 11) is 0. The van der Waals surface area contributed by atoms with Crippen molar-refractivity contribution in [3.63, 3.8) is 0 Å². The van der Waals surface area contributed by atoms with Crippen molar-refractivity contribution >= 4 is 23.1 Å². The number of halogens is 1. The van der Waals surface area contributed by atoms with Gasteiger partial charge in [0.25, 0.3) is 0 Å². The normalized spacial score (nSPS) is 16.3. The number of fused-ring (bicyclic) bond motifs is 1. The Bertz CT molecular complexity index is 872. The second-order valence-corrected chi connectivity index (χ2v) is 6.36. The fraction of sp³-hybridized carbons (Fsp3) is 0.200. The summed E-state index contributed by atoms with van der Waals surface area (Å²) in [5.41, 5.74) is 5.10. The SMILES string of the molecule is C=C1c2c(F)cccc2N=C(C2CC2)N1NC(=O)Cc1ccccc1. The number of rotatable bonds is 4. The Morgan fingerprint density at radius 1 is 1.20 bits per heavy atom. The van der Waals surface area contributed by atoms with Crippen LogP contribution in [0.3, 0.4) is 0 Å². The summed E-state index contributed by atoms with van der Waals surface area (Å²) in [6.07, 6.45) is 2.27. The van der Waals surface area contributed by atoms with Crippen LogP contribution in [0.2, 0.25) is 0 Å². The Balaban J connectivity index is 1.61. The molecule has 126 valence electrons. The van der Waals surface area contributed by atoms with Crippen molar-refractivity contribution in [3.8, 4) is 0 Å². The zero-order valence-corrected chi connectivity index (χ0v) is 13.7. The van der Waals surface area contributed by atoms with Crippen molar-refractivity contribution in [2.75, 3.05) is 0 Å². The highest BCUT2D eigenvalue weighted by Crippen LogP contribution is 2.41. The molecule has 1 aliphatic carbocycles. The number of nitrogens with zero attached hydrogens (tertiary/aromatic N) is 2. The van der Waals surface area contributed by atoms with Gasteiger partial charge in [0, 0.05) is 5.92 Å². The Morgan fingerprint density at radius 2 is 1.96 bits per heavy atom. The fourth-order valence-electron chi connectivity index (χ4n) is 3.00. The summed E-state index contributed by atoms with van der Waals surface area (Å²) in [6, 6.07) is 14.3. The van der Waals surface area contributed by atoms with Gasteiger partial charge in [-0.2, -0.15) is 0 Å². The van der Waals surface area contributed by atoms with E-state index < -0.39 is 0 Å². The summed E-state index contributed by atoms with van der Waals surface area (Å²) < 4.78 is 14.3. The third-order valence-electron chi connectivity index (χ3n) is 4.40. The molecule has 1 fully saturated rings. The maximum atomic E-state index is 14.3. The van der Waals surface area contributed by atoms with Crippen molar-refractivity contribution in [1.29, 1.82) is 0 Å². The van der Waals surface area contributed by atoms with E-state index in [1.165, 1.54) is 6.07 Å². The van der Waals surface area contributed by atoms with Gasteiger partial charge in [-0.05, 0) is 30.5 Å². The number of hydrazine groups is 1. The van der Waals surface area contributed by atoms with Crippen LogP contribution in [-0.4, -0.2) is 16.8 Å². The Kier molecular flexibility index (Phi) is 3.84. The molecule has 1 saturated carbocycles. The molecule has 0 saturated heterocycles. The molecule has 2 aromatic carbocycles. The minimum Gasteiger partial charge on any atom is -0.273 e. The minimum absolute atomic E-state index is 0.180. The van der Waals surface area contributed by atoms with Gasteiger partial charge in [0.05, 0.1) is 23.4 Å². The van der Waals surface area contributed by atoms with E-state index in [9.17, 15) is 9.18 Å². The minimum atomic E-state index is -0.386. The summed E-state index contributed by atoms with van der Waals surface area (Å²) in [5, 5.41) is 1.56. The number of hydrogen-bond donors (Lipinski definition) is 1. The average Bonchev–Trinajstić information content (AvgIpc) is 3.43. The number of carbonyl (C=O) groups excluding carboxylic acids is 1. The van der Waals surface area contributed by atoms with Gasteiger partial charge in [0.15, 0.2) is 0 Å². The molecule has 1 heterocycles. The van der Waals surface area contributed by atoms with Gasteiger partial charge < -0.3 is 0 Å². The quantitative estimate of drug-likeness (QED) is 0.923. The van der Waals surface area contributed by atoms with Gasteiger partial charge >= 0.3 is 0 Å². The lowest BCUT2D eigenvalue weighted by atomic mass is 10.1.